The van der Waals surface area contributed by atoms with Crippen molar-refractivity contribution in [3.63, 3.8) is 0 Å². The van der Waals surface area contributed by atoms with E-state index in [0.29, 0.717) is 12.0 Å². The number of halogens is 1. The standard InChI is InChI=1S/C7H7ClN2O2/c1-4-6(8)10-7(12-2)5(3-11)9-4/h3H,1-2H3. The summed E-state index contributed by atoms with van der Waals surface area (Å²) in [5, 5.41) is 0.248. The van der Waals surface area contributed by atoms with Crippen LogP contribution in [0.2, 0.25) is 5.15 Å². The average Bonchev–Trinajstić information content (AvgIpc) is 2.09. The molecule has 12 heavy (non-hydrogen) atoms. The van der Waals surface area contributed by atoms with Crippen LogP contribution in [-0.2, 0) is 0 Å². The predicted octanol–water partition coefficient (Wildman–Crippen LogP) is 1.26. The van der Waals surface area contributed by atoms with Gasteiger partial charge in [-0.25, -0.2) is 4.98 Å². The number of carbonyl (C=O) groups excluding carboxylic acids is 1. The molecular weight excluding hydrogens is 180 g/mol. The van der Waals surface area contributed by atoms with Crippen LogP contribution in [-0.4, -0.2) is 23.4 Å². The third-order valence-electron chi connectivity index (χ3n) is 1.31. The zero-order chi connectivity index (χ0) is 9.14. The second kappa shape index (κ2) is 3.49. The van der Waals surface area contributed by atoms with Crippen LogP contribution in [0.3, 0.4) is 0 Å². The van der Waals surface area contributed by atoms with E-state index in [1.165, 1.54) is 7.11 Å². The van der Waals surface area contributed by atoms with E-state index in [1.54, 1.807) is 6.92 Å². The predicted molar refractivity (Wildman–Crippen MR) is 43.7 cm³/mol. The maximum absolute atomic E-state index is 10.4. The first-order valence-electron chi connectivity index (χ1n) is 3.22. The quantitative estimate of drug-likeness (QED) is 0.653. The fourth-order valence-corrected chi connectivity index (χ4v) is 0.848. The Morgan fingerprint density at radius 2 is 2.17 bits per heavy atom. The smallest absolute Gasteiger partial charge is 0.244 e. The molecule has 1 aromatic rings. The average molecular weight is 187 g/mol. The van der Waals surface area contributed by atoms with Crippen LogP contribution >= 0.6 is 11.6 Å². The Morgan fingerprint density at radius 3 is 2.67 bits per heavy atom. The Morgan fingerprint density at radius 1 is 1.50 bits per heavy atom. The van der Waals surface area contributed by atoms with Crippen molar-refractivity contribution in [1.82, 2.24) is 9.97 Å². The second-order valence-corrected chi connectivity index (χ2v) is 2.47. The van der Waals surface area contributed by atoms with Gasteiger partial charge < -0.3 is 4.74 Å². The maximum atomic E-state index is 10.4. The van der Waals surface area contributed by atoms with Gasteiger partial charge in [-0.05, 0) is 6.92 Å². The van der Waals surface area contributed by atoms with Gasteiger partial charge >= 0.3 is 0 Å². The molecule has 0 saturated carbocycles. The van der Waals surface area contributed by atoms with Crippen molar-refractivity contribution in [2.45, 2.75) is 6.92 Å². The fraction of sp³-hybridized carbons (Fsp3) is 0.286. The summed E-state index contributed by atoms with van der Waals surface area (Å²) in [5.74, 6) is 0.153. The lowest BCUT2D eigenvalue weighted by Gasteiger charge is -2.02. The van der Waals surface area contributed by atoms with Gasteiger partial charge in [0.25, 0.3) is 0 Å². The Kier molecular flexibility index (Phi) is 2.60. The van der Waals surface area contributed by atoms with Crippen molar-refractivity contribution in [3.8, 4) is 5.88 Å². The van der Waals surface area contributed by atoms with Crippen LogP contribution in [0.5, 0.6) is 5.88 Å². The molecule has 0 fully saturated rings. The van der Waals surface area contributed by atoms with E-state index in [4.69, 9.17) is 16.3 Å². The molecule has 4 nitrogen and oxygen atoms in total. The molecule has 0 aliphatic heterocycles. The first kappa shape index (κ1) is 8.93. The van der Waals surface area contributed by atoms with Crippen LogP contribution in [0.4, 0.5) is 0 Å². The molecule has 0 N–H and O–H groups in total. The van der Waals surface area contributed by atoms with E-state index >= 15 is 0 Å². The molecule has 1 heterocycles. The van der Waals surface area contributed by atoms with Gasteiger partial charge in [-0.3, -0.25) is 4.79 Å². The van der Waals surface area contributed by atoms with Gasteiger partial charge in [-0.2, -0.15) is 4.98 Å². The van der Waals surface area contributed by atoms with E-state index in [2.05, 4.69) is 9.97 Å². The summed E-state index contributed by atoms with van der Waals surface area (Å²) in [6, 6.07) is 0. The maximum Gasteiger partial charge on any atom is 0.244 e. The zero-order valence-corrected chi connectivity index (χ0v) is 7.42. The summed E-state index contributed by atoms with van der Waals surface area (Å²) in [7, 11) is 1.41. The van der Waals surface area contributed by atoms with Crippen molar-refractivity contribution < 1.29 is 9.53 Å². The Hall–Kier alpha value is -1.16. The number of hydrogen-bond acceptors (Lipinski definition) is 4. The highest BCUT2D eigenvalue weighted by molar-refractivity contribution is 6.30. The molecule has 5 heteroatoms. The van der Waals surface area contributed by atoms with Crippen molar-refractivity contribution in [3.05, 3.63) is 16.5 Å². The minimum absolute atomic E-state index is 0.153. The monoisotopic (exact) mass is 186 g/mol. The highest BCUT2D eigenvalue weighted by Gasteiger charge is 2.08. The number of hydrogen-bond donors (Lipinski definition) is 0. The number of methoxy groups -OCH3 is 1. The molecule has 1 aromatic heterocycles. The molecule has 0 aliphatic rings. The first-order chi connectivity index (χ1) is 5.69. The first-order valence-corrected chi connectivity index (χ1v) is 3.60. The minimum atomic E-state index is 0.153. The third-order valence-corrected chi connectivity index (χ3v) is 1.67. The fourth-order valence-electron chi connectivity index (χ4n) is 0.729. The number of aldehydes is 1. The Balaban J connectivity index is 3.28. The summed E-state index contributed by atoms with van der Waals surface area (Å²) in [5.41, 5.74) is 0.680. The van der Waals surface area contributed by atoms with E-state index in [-0.39, 0.29) is 16.7 Å². The molecule has 0 bridgehead atoms. The molecule has 0 spiro atoms. The number of rotatable bonds is 2. The summed E-state index contributed by atoms with van der Waals surface area (Å²) < 4.78 is 4.78. The molecule has 0 unspecified atom stereocenters. The largest absolute Gasteiger partial charge is 0.479 e. The number of aryl methyl sites for hydroxylation is 1. The van der Waals surface area contributed by atoms with Gasteiger partial charge in [-0.15, -0.1) is 0 Å². The van der Waals surface area contributed by atoms with E-state index < -0.39 is 0 Å². The van der Waals surface area contributed by atoms with E-state index in [1.807, 2.05) is 0 Å². The zero-order valence-electron chi connectivity index (χ0n) is 6.67. The molecule has 0 amide bonds. The van der Waals surface area contributed by atoms with Gasteiger partial charge in [0.15, 0.2) is 17.1 Å². The molecule has 1 rings (SSSR count). The van der Waals surface area contributed by atoms with E-state index in [0.717, 1.165) is 0 Å². The molecule has 0 aromatic carbocycles. The molecule has 0 saturated heterocycles. The van der Waals surface area contributed by atoms with Gasteiger partial charge in [0, 0.05) is 0 Å². The van der Waals surface area contributed by atoms with E-state index in [9.17, 15) is 4.79 Å². The summed E-state index contributed by atoms with van der Waals surface area (Å²) in [6.45, 7) is 1.67. The lowest BCUT2D eigenvalue weighted by molar-refractivity contribution is 0.111. The molecule has 64 valence electrons. The van der Waals surface area contributed by atoms with Gasteiger partial charge in [0.2, 0.25) is 5.88 Å². The Labute approximate surface area is 74.5 Å². The van der Waals surface area contributed by atoms with Crippen molar-refractivity contribution in [2.24, 2.45) is 0 Å². The lowest BCUT2D eigenvalue weighted by atomic mass is 10.4. The van der Waals surface area contributed by atoms with Gasteiger partial charge in [0.1, 0.15) is 0 Å². The van der Waals surface area contributed by atoms with Crippen molar-refractivity contribution in [1.29, 1.82) is 0 Å². The normalized spacial score (nSPS) is 9.58. The Bertz CT molecular complexity index is 315. The molecule has 0 aliphatic carbocycles. The highest BCUT2D eigenvalue weighted by atomic mass is 35.5. The van der Waals surface area contributed by atoms with Crippen LogP contribution in [0.15, 0.2) is 0 Å². The van der Waals surface area contributed by atoms with Gasteiger partial charge in [0.05, 0.1) is 12.8 Å². The lowest BCUT2D eigenvalue weighted by Crippen LogP contribution is -2.00. The number of carbonyl (C=O) groups is 1. The number of nitrogens with zero attached hydrogens (tertiary/aromatic N) is 2. The van der Waals surface area contributed by atoms with Crippen LogP contribution in [0.25, 0.3) is 0 Å². The third kappa shape index (κ3) is 1.53. The summed E-state index contributed by atoms with van der Waals surface area (Å²) in [4.78, 5) is 18.1. The molecular formula is C7H7ClN2O2. The van der Waals surface area contributed by atoms with Crippen LogP contribution in [0.1, 0.15) is 16.2 Å². The minimum Gasteiger partial charge on any atom is -0.479 e. The van der Waals surface area contributed by atoms with Crippen molar-refractivity contribution >= 4 is 17.9 Å². The van der Waals surface area contributed by atoms with Crippen LogP contribution < -0.4 is 4.74 Å². The van der Waals surface area contributed by atoms with Gasteiger partial charge in [-0.1, -0.05) is 11.6 Å². The highest BCUT2D eigenvalue weighted by Crippen LogP contribution is 2.17. The van der Waals surface area contributed by atoms with Crippen molar-refractivity contribution in [2.75, 3.05) is 7.11 Å². The summed E-state index contributed by atoms with van der Waals surface area (Å²) in [6.07, 6.45) is 0.579. The molecule has 0 radical (unpaired) electrons. The number of ether oxygens (including phenoxy) is 1. The topological polar surface area (TPSA) is 52.1 Å². The molecule has 0 atom stereocenters. The number of aromatic nitrogens is 2. The second-order valence-electron chi connectivity index (χ2n) is 2.11. The van der Waals surface area contributed by atoms with Crippen LogP contribution in [0, 0.1) is 6.92 Å². The SMILES string of the molecule is COc1nc(Cl)c(C)nc1C=O. The summed E-state index contributed by atoms with van der Waals surface area (Å²) >= 11 is 5.65.